The van der Waals surface area contributed by atoms with E-state index in [1.165, 1.54) is 0 Å². The molecule has 142 valence electrons. The zero-order valence-electron chi connectivity index (χ0n) is 15.2. The first-order chi connectivity index (χ1) is 12.3. The number of likely N-dealkylation sites (tertiary alicyclic amines) is 1. The maximum Gasteiger partial charge on any atom is 0.253 e. The number of rotatable bonds is 6. The maximum atomic E-state index is 12.6. The molecular weight excluding hydrogens is 354 g/mol. The SMILES string of the molecule is CCC(C)C(NC(=O)C1CCCN(C(=O)c2ccc(Cl)cc2)C1)C(N)=O. The summed E-state index contributed by atoms with van der Waals surface area (Å²) in [6.07, 6.45) is 2.16. The number of benzene rings is 1. The molecule has 3 atom stereocenters. The van der Waals surface area contributed by atoms with Crippen molar-refractivity contribution in [1.29, 1.82) is 0 Å². The van der Waals surface area contributed by atoms with Gasteiger partial charge in [0.15, 0.2) is 0 Å². The van der Waals surface area contributed by atoms with E-state index in [1.807, 2.05) is 13.8 Å². The van der Waals surface area contributed by atoms with Crippen molar-refractivity contribution in [1.82, 2.24) is 10.2 Å². The van der Waals surface area contributed by atoms with Crippen LogP contribution in [-0.4, -0.2) is 41.8 Å². The summed E-state index contributed by atoms with van der Waals surface area (Å²) in [6.45, 7) is 4.77. The molecule has 0 aromatic heterocycles. The highest BCUT2D eigenvalue weighted by atomic mass is 35.5. The van der Waals surface area contributed by atoms with Gasteiger partial charge in [-0.3, -0.25) is 14.4 Å². The van der Waals surface area contributed by atoms with Crippen molar-refractivity contribution in [2.24, 2.45) is 17.6 Å². The molecule has 1 saturated heterocycles. The smallest absolute Gasteiger partial charge is 0.253 e. The number of carbonyl (C=O) groups excluding carboxylic acids is 3. The molecule has 2 rings (SSSR count). The third-order valence-electron chi connectivity index (χ3n) is 4.99. The third kappa shape index (κ3) is 4.97. The Morgan fingerprint density at radius 1 is 1.31 bits per heavy atom. The highest BCUT2D eigenvalue weighted by Crippen LogP contribution is 2.20. The van der Waals surface area contributed by atoms with Crippen molar-refractivity contribution in [3.05, 3.63) is 34.9 Å². The Hall–Kier alpha value is -2.08. The fourth-order valence-electron chi connectivity index (χ4n) is 3.15. The van der Waals surface area contributed by atoms with Crippen molar-refractivity contribution in [3.8, 4) is 0 Å². The van der Waals surface area contributed by atoms with Crippen molar-refractivity contribution in [2.75, 3.05) is 13.1 Å². The Labute approximate surface area is 159 Å². The van der Waals surface area contributed by atoms with Gasteiger partial charge in [-0.15, -0.1) is 0 Å². The van der Waals surface area contributed by atoms with Gasteiger partial charge in [0.1, 0.15) is 6.04 Å². The van der Waals surface area contributed by atoms with Crippen LogP contribution >= 0.6 is 11.6 Å². The van der Waals surface area contributed by atoms with E-state index in [9.17, 15) is 14.4 Å². The van der Waals surface area contributed by atoms with Gasteiger partial charge in [-0.05, 0) is 43.0 Å². The minimum absolute atomic E-state index is 0.0353. The minimum Gasteiger partial charge on any atom is -0.368 e. The molecule has 0 spiro atoms. The molecule has 1 aliphatic heterocycles. The number of piperidine rings is 1. The molecule has 26 heavy (non-hydrogen) atoms. The molecule has 3 unspecified atom stereocenters. The van der Waals surface area contributed by atoms with E-state index >= 15 is 0 Å². The summed E-state index contributed by atoms with van der Waals surface area (Å²) in [5.41, 5.74) is 5.97. The number of primary amides is 1. The molecule has 1 aromatic rings. The van der Waals surface area contributed by atoms with Crippen LogP contribution in [0.4, 0.5) is 0 Å². The molecule has 1 aliphatic rings. The van der Waals surface area contributed by atoms with E-state index in [1.54, 1.807) is 29.2 Å². The largest absolute Gasteiger partial charge is 0.368 e. The van der Waals surface area contributed by atoms with Gasteiger partial charge in [-0.2, -0.15) is 0 Å². The molecule has 0 radical (unpaired) electrons. The summed E-state index contributed by atoms with van der Waals surface area (Å²) >= 11 is 5.86. The average molecular weight is 380 g/mol. The summed E-state index contributed by atoms with van der Waals surface area (Å²) in [7, 11) is 0. The zero-order valence-corrected chi connectivity index (χ0v) is 16.0. The normalized spacial score (nSPS) is 19.5. The monoisotopic (exact) mass is 379 g/mol. The molecule has 1 aromatic carbocycles. The lowest BCUT2D eigenvalue weighted by Crippen LogP contribution is -2.52. The highest BCUT2D eigenvalue weighted by Gasteiger charge is 2.32. The second-order valence-electron chi connectivity index (χ2n) is 6.87. The molecule has 3 amide bonds. The molecule has 0 aliphatic carbocycles. The average Bonchev–Trinajstić information content (AvgIpc) is 2.65. The first-order valence-corrected chi connectivity index (χ1v) is 9.35. The van der Waals surface area contributed by atoms with E-state index < -0.39 is 11.9 Å². The number of nitrogens with one attached hydrogen (secondary N) is 1. The lowest BCUT2D eigenvalue weighted by molar-refractivity contribution is -0.131. The van der Waals surface area contributed by atoms with Gasteiger partial charge in [-0.25, -0.2) is 0 Å². The van der Waals surface area contributed by atoms with Crippen LogP contribution < -0.4 is 11.1 Å². The van der Waals surface area contributed by atoms with Crippen LogP contribution in [0.3, 0.4) is 0 Å². The summed E-state index contributed by atoms with van der Waals surface area (Å²) in [4.78, 5) is 38.6. The van der Waals surface area contributed by atoms with Gasteiger partial charge in [0.25, 0.3) is 5.91 Å². The lowest BCUT2D eigenvalue weighted by Gasteiger charge is -2.33. The number of amides is 3. The first kappa shape index (κ1) is 20.2. The Morgan fingerprint density at radius 2 is 1.96 bits per heavy atom. The topological polar surface area (TPSA) is 92.5 Å². The summed E-state index contributed by atoms with van der Waals surface area (Å²) in [5, 5.41) is 3.34. The number of nitrogens with two attached hydrogens (primary N) is 1. The summed E-state index contributed by atoms with van der Waals surface area (Å²) in [5.74, 6) is -1.24. The van der Waals surface area contributed by atoms with Gasteiger partial charge in [0, 0.05) is 23.7 Å². The quantitative estimate of drug-likeness (QED) is 0.793. The van der Waals surface area contributed by atoms with Crippen LogP contribution in [0.25, 0.3) is 0 Å². The number of hydrogen-bond acceptors (Lipinski definition) is 3. The molecular formula is C19H26ClN3O3. The van der Waals surface area contributed by atoms with Crippen molar-refractivity contribution < 1.29 is 14.4 Å². The third-order valence-corrected chi connectivity index (χ3v) is 5.24. The predicted molar refractivity (Wildman–Crippen MR) is 101 cm³/mol. The summed E-state index contributed by atoms with van der Waals surface area (Å²) in [6, 6.07) is 6.02. The number of hydrogen-bond donors (Lipinski definition) is 2. The van der Waals surface area contributed by atoms with E-state index in [0.29, 0.717) is 30.1 Å². The molecule has 6 nitrogen and oxygen atoms in total. The second-order valence-corrected chi connectivity index (χ2v) is 7.31. The van der Waals surface area contributed by atoms with Crippen LogP contribution in [0, 0.1) is 11.8 Å². The molecule has 0 bridgehead atoms. The van der Waals surface area contributed by atoms with Crippen LogP contribution in [0.1, 0.15) is 43.5 Å². The van der Waals surface area contributed by atoms with Gasteiger partial charge in [0.05, 0.1) is 5.92 Å². The van der Waals surface area contributed by atoms with E-state index in [2.05, 4.69) is 5.32 Å². The van der Waals surface area contributed by atoms with Crippen molar-refractivity contribution in [3.63, 3.8) is 0 Å². The Balaban J connectivity index is 2.02. The Morgan fingerprint density at radius 3 is 2.54 bits per heavy atom. The maximum absolute atomic E-state index is 12.6. The molecule has 1 heterocycles. The second kappa shape index (κ2) is 9.03. The van der Waals surface area contributed by atoms with Gasteiger partial charge in [-0.1, -0.05) is 31.9 Å². The highest BCUT2D eigenvalue weighted by molar-refractivity contribution is 6.30. The Bertz CT molecular complexity index is 662. The van der Waals surface area contributed by atoms with E-state index in [0.717, 1.165) is 12.8 Å². The lowest BCUT2D eigenvalue weighted by atomic mass is 9.94. The fourth-order valence-corrected chi connectivity index (χ4v) is 3.28. The molecule has 1 fully saturated rings. The van der Waals surface area contributed by atoms with E-state index in [-0.39, 0.29) is 23.7 Å². The van der Waals surface area contributed by atoms with Crippen molar-refractivity contribution >= 4 is 29.3 Å². The first-order valence-electron chi connectivity index (χ1n) is 8.98. The molecule has 7 heteroatoms. The number of halogens is 1. The van der Waals surface area contributed by atoms with Gasteiger partial charge < -0.3 is 16.0 Å². The van der Waals surface area contributed by atoms with Crippen LogP contribution in [0.15, 0.2) is 24.3 Å². The number of nitrogens with zero attached hydrogens (tertiary/aromatic N) is 1. The minimum atomic E-state index is -0.685. The summed E-state index contributed by atoms with van der Waals surface area (Å²) < 4.78 is 0. The predicted octanol–water partition coefficient (Wildman–Crippen LogP) is 2.21. The zero-order chi connectivity index (χ0) is 19.3. The Kier molecular flexibility index (Phi) is 7.03. The molecule has 3 N–H and O–H groups in total. The fraction of sp³-hybridized carbons (Fsp3) is 0.526. The van der Waals surface area contributed by atoms with Crippen LogP contribution in [0.2, 0.25) is 5.02 Å². The molecule has 0 saturated carbocycles. The standard InChI is InChI=1S/C19H26ClN3O3/c1-3-12(2)16(17(21)24)22-18(25)14-5-4-10-23(11-14)19(26)13-6-8-15(20)9-7-13/h6-9,12,14,16H,3-5,10-11H2,1-2H3,(H2,21,24)(H,22,25). The van der Waals surface area contributed by atoms with Gasteiger partial charge in [0.2, 0.25) is 11.8 Å². The van der Waals surface area contributed by atoms with Crippen LogP contribution in [-0.2, 0) is 9.59 Å². The van der Waals surface area contributed by atoms with Gasteiger partial charge >= 0.3 is 0 Å². The van der Waals surface area contributed by atoms with E-state index in [4.69, 9.17) is 17.3 Å². The van der Waals surface area contributed by atoms with Crippen molar-refractivity contribution in [2.45, 2.75) is 39.2 Å². The number of carbonyl (C=O) groups is 3. The van der Waals surface area contributed by atoms with Crippen LogP contribution in [0.5, 0.6) is 0 Å².